The number of hydrogen-bond acceptors (Lipinski definition) is 5. The largest absolute Gasteiger partial charge is 0.481 e. The molecule has 0 fully saturated rings. The van der Waals surface area contributed by atoms with Gasteiger partial charge in [-0.3, -0.25) is 9.59 Å². The molecule has 0 radical (unpaired) electrons. The lowest BCUT2D eigenvalue weighted by Gasteiger charge is -2.22. The second-order valence-electron chi connectivity index (χ2n) is 8.76. The Morgan fingerprint density at radius 2 is 1.52 bits per heavy atom. The molecule has 0 aliphatic heterocycles. The standard InChI is InChI=1S/C23H36O4S2/c1-22(2,17-20(24)25)11-15-28-13-8-14-29-16-12-23(3,4)21(26)27-18-19-9-6-5-7-10-19/h5-7,9-10H,8,11-18H2,1-4H3,(H,24,25). The Kier molecular flexibility index (Phi) is 11.8. The van der Waals surface area contributed by atoms with Crippen molar-refractivity contribution < 1.29 is 19.4 Å². The minimum atomic E-state index is -0.719. The Morgan fingerprint density at radius 3 is 2.10 bits per heavy atom. The predicted molar refractivity (Wildman–Crippen MR) is 125 cm³/mol. The van der Waals surface area contributed by atoms with Gasteiger partial charge in [0.15, 0.2) is 0 Å². The van der Waals surface area contributed by atoms with Crippen LogP contribution in [0.2, 0.25) is 0 Å². The van der Waals surface area contributed by atoms with Gasteiger partial charge in [-0.2, -0.15) is 23.5 Å². The van der Waals surface area contributed by atoms with Gasteiger partial charge < -0.3 is 9.84 Å². The second kappa shape index (κ2) is 13.2. The quantitative estimate of drug-likeness (QED) is 0.271. The lowest BCUT2D eigenvalue weighted by Crippen LogP contribution is -2.27. The van der Waals surface area contributed by atoms with Gasteiger partial charge >= 0.3 is 11.9 Å². The van der Waals surface area contributed by atoms with E-state index < -0.39 is 11.4 Å². The molecule has 4 nitrogen and oxygen atoms in total. The summed E-state index contributed by atoms with van der Waals surface area (Å²) in [4.78, 5) is 23.2. The molecule has 0 aromatic heterocycles. The summed E-state index contributed by atoms with van der Waals surface area (Å²) in [5.74, 6) is 3.28. The van der Waals surface area contributed by atoms with Crippen molar-refractivity contribution in [3.8, 4) is 0 Å². The van der Waals surface area contributed by atoms with E-state index in [0.29, 0.717) is 6.61 Å². The van der Waals surface area contributed by atoms with Crippen molar-refractivity contribution >= 4 is 35.5 Å². The van der Waals surface area contributed by atoms with E-state index in [2.05, 4.69) is 0 Å². The number of carboxylic acid groups (broad SMARTS) is 1. The molecular formula is C23H36O4S2. The van der Waals surface area contributed by atoms with Gasteiger partial charge in [0.25, 0.3) is 0 Å². The van der Waals surface area contributed by atoms with Crippen LogP contribution >= 0.6 is 23.5 Å². The van der Waals surface area contributed by atoms with E-state index in [0.717, 1.165) is 47.8 Å². The first-order valence-electron chi connectivity index (χ1n) is 10.2. The fourth-order valence-corrected chi connectivity index (χ4v) is 5.30. The molecule has 164 valence electrons. The molecule has 1 rings (SSSR count). The molecule has 1 N–H and O–H groups in total. The maximum Gasteiger partial charge on any atom is 0.311 e. The molecule has 0 saturated heterocycles. The minimum absolute atomic E-state index is 0.131. The molecule has 6 heteroatoms. The summed E-state index contributed by atoms with van der Waals surface area (Å²) >= 11 is 3.78. The van der Waals surface area contributed by atoms with E-state index in [1.807, 2.05) is 81.6 Å². The summed E-state index contributed by atoms with van der Waals surface area (Å²) < 4.78 is 5.48. The van der Waals surface area contributed by atoms with Gasteiger partial charge in [0, 0.05) is 0 Å². The highest BCUT2D eigenvalue weighted by atomic mass is 32.2. The summed E-state index contributed by atoms with van der Waals surface area (Å²) in [6.45, 7) is 8.27. The highest BCUT2D eigenvalue weighted by molar-refractivity contribution is 8.00. The van der Waals surface area contributed by atoms with Crippen LogP contribution in [0.5, 0.6) is 0 Å². The van der Waals surface area contributed by atoms with Crippen LogP contribution in [-0.2, 0) is 20.9 Å². The van der Waals surface area contributed by atoms with Crippen molar-refractivity contribution in [2.45, 2.75) is 60.0 Å². The zero-order valence-corrected chi connectivity index (χ0v) is 19.9. The zero-order valence-electron chi connectivity index (χ0n) is 18.2. The van der Waals surface area contributed by atoms with Gasteiger partial charge in [0.2, 0.25) is 0 Å². The Hall–Kier alpha value is -1.14. The van der Waals surface area contributed by atoms with Crippen molar-refractivity contribution in [3.05, 3.63) is 35.9 Å². The first kappa shape index (κ1) is 25.9. The fraction of sp³-hybridized carbons (Fsp3) is 0.652. The first-order valence-corrected chi connectivity index (χ1v) is 12.5. The maximum atomic E-state index is 12.4. The van der Waals surface area contributed by atoms with Crippen molar-refractivity contribution in [2.24, 2.45) is 10.8 Å². The molecule has 29 heavy (non-hydrogen) atoms. The Labute approximate surface area is 184 Å². The monoisotopic (exact) mass is 440 g/mol. The fourth-order valence-electron chi connectivity index (χ4n) is 2.66. The van der Waals surface area contributed by atoms with Gasteiger partial charge in [0.05, 0.1) is 11.8 Å². The molecule has 0 amide bonds. The van der Waals surface area contributed by atoms with Crippen LogP contribution in [0.4, 0.5) is 0 Å². The molecule has 1 aromatic carbocycles. The Bertz CT molecular complexity index is 615. The number of hydrogen-bond donors (Lipinski definition) is 1. The van der Waals surface area contributed by atoms with Crippen LogP contribution in [0.25, 0.3) is 0 Å². The van der Waals surface area contributed by atoms with Crippen LogP contribution in [0.3, 0.4) is 0 Å². The van der Waals surface area contributed by atoms with Crippen molar-refractivity contribution in [3.63, 3.8) is 0 Å². The molecule has 0 atom stereocenters. The summed E-state index contributed by atoms with van der Waals surface area (Å²) in [7, 11) is 0. The number of carbonyl (C=O) groups excluding carboxylic acids is 1. The van der Waals surface area contributed by atoms with E-state index in [-0.39, 0.29) is 17.8 Å². The number of benzene rings is 1. The molecule has 0 saturated carbocycles. The van der Waals surface area contributed by atoms with E-state index in [9.17, 15) is 9.59 Å². The van der Waals surface area contributed by atoms with Crippen molar-refractivity contribution in [1.82, 2.24) is 0 Å². The average Bonchev–Trinajstić information content (AvgIpc) is 2.64. The topological polar surface area (TPSA) is 63.6 Å². The van der Waals surface area contributed by atoms with Gasteiger partial charge in [-0.05, 0) is 67.1 Å². The average molecular weight is 441 g/mol. The smallest absolute Gasteiger partial charge is 0.311 e. The normalized spacial score (nSPS) is 12.0. The SMILES string of the molecule is CC(C)(CCSCCCSCCC(C)(C)C(=O)OCc1ccccc1)CC(=O)O. The van der Waals surface area contributed by atoms with Crippen LogP contribution in [0, 0.1) is 10.8 Å². The lowest BCUT2D eigenvalue weighted by molar-refractivity contribution is -0.155. The molecule has 0 bridgehead atoms. The third kappa shape index (κ3) is 12.2. The molecular weight excluding hydrogens is 404 g/mol. The number of ether oxygens (including phenoxy) is 1. The Morgan fingerprint density at radius 1 is 0.931 bits per heavy atom. The Balaban J connectivity index is 2.08. The molecule has 0 heterocycles. The molecule has 0 aliphatic rings. The minimum Gasteiger partial charge on any atom is -0.481 e. The van der Waals surface area contributed by atoms with Crippen LogP contribution in [-0.4, -0.2) is 40.1 Å². The van der Waals surface area contributed by atoms with E-state index in [1.165, 1.54) is 0 Å². The first-order chi connectivity index (χ1) is 13.6. The predicted octanol–water partition coefficient (Wildman–Crippen LogP) is 5.89. The lowest BCUT2D eigenvalue weighted by atomic mass is 9.87. The van der Waals surface area contributed by atoms with Crippen LogP contribution < -0.4 is 0 Å². The highest BCUT2D eigenvalue weighted by Gasteiger charge is 2.28. The summed E-state index contributed by atoms with van der Waals surface area (Å²) in [5.41, 5.74) is 0.412. The van der Waals surface area contributed by atoms with Crippen LogP contribution in [0.15, 0.2) is 30.3 Å². The number of carboxylic acids is 1. The molecule has 0 aliphatic carbocycles. The highest BCUT2D eigenvalue weighted by Crippen LogP contribution is 2.28. The number of esters is 1. The van der Waals surface area contributed by atoms with E-state index >= 15 is 0 Å². The number of aliphatic carboxylic acids is 1. The molecule has 0 unspecified atom stereocenters. The second-order valence-corrected chi connectivity index (χ2v) is 11.2. The summed E-state index contributed by atoms with van der Waals surface area (Å²) in [6, 6.07) is 9.76. The summed E-state index contributed by atoms with van der Waals surface area (Å²) in [6.07, 6.45) is 3.10. The van der Waals surface area contributed by atoms with Gasteiger partial charge in [-0.25, -0.2) is 0 Å². The van der Waals surface area contributed by atoms with E-state index in [1.54, 1.807) is 0 Å². The zero-order chi connectivity index (χ0) is 21.8. The number of rotatable bonds is 15. The van der Waals surface area contributed by atoms with Gasteiger partial charge in [0.1, 0.15) is 6.61 Å². The van der Waals surface area contributed by atoms with E-state index in [4.69, 9.17) is 9.84 Å². The van der Waals surface area contributed by atoms with Crippen LogP contribution in [0.1, 0.15) is 58.9 Å². The maximum absolute atomic E-state index is 12.4. The van der Waals surface area contributed by atoms with Gasteiger partial charge in [-0.15, -0.1) is 0 Å². The number of carbonyl (C=O) groups is 2. The molecule has 1 aromatic rings. The third-order valence-corrected chi connectivity index (χ3v) is 6.91. The molecule has 0 spiro atoms. The van der Waals surface area contributed by atoms with Gasteiger partial charge in [-0.1, -0.05) is 44.2 Å². The third-order valence-electron chi connectivity index (χ3n) is 4.77. The number of thioether (sulfide) groups is 2. The van der Waals surface area contributed by atoms with Crippen molar-refractivity contribution in [1.29, 1.82) is 0 Å². The van der Waals surface area contributed by atoms with Crippen molar-refractivity contribution in [2.75, 3.05) is 23.0 Å². The summed E-state index contributed by atoms with van der Waals surface area (Å²) in [5, 5.41) is 8.91.